The molecule has 23 heavy (non-hydrogen) atoms. The summed E-state index contributed by atoms with van der Waals surface area (Å²) in [5.74, 6) is 0.946. The van der Waals surface area contributed by atoms with Crippen LogP contribution in [0.2, 0.25) is 0 Å². The molecule has 0 saturated carbocycles. The minimum Gasteiger partial charge on any atom is -0.494 e. The van der Waals surface area contributed by atoms with Crippen molar-refractivity contribution in [3.63, 3.8) is 0 Å². The molecule has 1 aliphatic heterocycles. The molecule has 0 atom stereocenters. The van der Waals surface area contributed by atoms with Gasteiger partial charge in [0.2, 0.25) is 12.3 Å². The molecule has 0 fully saturated rings. The predicted octanol–water partition coefficient (Wildman–Crippen LogP) is 2.91. The van der Waals surface area contributed by atoms with Gasteiger partial charge in [-0.1, -0.05) is 0 Å². The molecule has 0 N–H and O–H groups in total. The first-order valence-electron chi connectivity index (χ1n) is 8.11. The molecule has 0 bridgehead atoms. The molecule has 3 rings (SSSR count). The molecule has 120 valence electrons. The predicted molar refractivity (Wildman–Crippen MR) is 90.9 cm³/mol. The van der Waals surface area contributed by atoms with Gasteiger partial charge in [0, 0.05) is 18.2 Å². The molecule has 4 heteroatoms. The number of hydrogen-bond acceptors (Lipinski definition) is 2. The van der Waals surface area contributed by atoms with E-state index in [0.717, 1.165) is 24.4 Å². The summed E-state index contributed by atoms with van der Waals surface area (Å²) < 4.78 is 9.91. The number of carbonyl (C=O) groups is 1. The van der Waals surface area contributed by atoms with E-state index in [1.165, 1.54) is 17.1 Å². The summed E-state index contributed by atoms with van der Waals surface area (Å²) in [4.78, 5) is 12.5. The molecule has 2 heterocycles. The molecule has 4 nitrogen and oxygen atoms in total. The molecular weight excluding hydrogens is 288 g/mol. The maximum Gasteiger partial charge on any atom is 0.227 e. The molecule has 0 amide bonds. The summed E-state index contributed by atoms with van der Waals surface area (Å²) >= 11 is 0. The zero-order valence-electron chi connectivity index (χ0n) is 14.0. The van der Waals surface area contributed by atoms with Crippen molar-refractivity contribution < 1.29 is 14.1 Å². The van der Waals surface area contributed by atoms with Crippen LogP contribution in [0.5, 0.6) is 5.75 Å². The topological polar surface area (TPSA) is 34.2 Å². The molecule has 0 saturated heterocycles. The van der Waals surface area contributed by atoms with E-state index in [1.807, 2.05) is 31.2 Å². The molecule has 1 aromatic carbocycles. The minimum absolute atomic E-state index is 0.143. The summed E-state index contributed by atoms with van der Waals surface area (Å²) in [5, 5.41) is 0. The number of fused-ring (bicyclic) bond motifs is 1. The van der Waals surface area contributed by atoms with E-state index in [4.69, 9.17) is 4.74 Å². The highest BCUT2D eigenvalue weighted by Gasteiger charge is 2.25. The number of Topliss-reactive ketones (excluding diaryl/α,β-unsaturated/α-hetero) is 1. The Morgan fingerprint density at radius 1 is 1.17 bits per heavy atom. The van der Waals surface area contributed by atoms with Crippen LogP contribution in [0.4, 0.5) is 0 Å². The van der Waals surface area contributed by atoms with Crippen LogP contribution in [0.1, 0.15) is 35.6 Å². The number of hydrogen-bond donors (Lipinski definition) is 0. The Balaban J connectivity index is 1.77. The number of aromatic nitrogens is 1. The van der Waals surface area contributed by atoms with E-state index in [0.29, 0.717) is 13.2 Å². The number of ketones is 1. The molecule has 2 aromatic rings. The van der Waals surface area contributed by atoms with E-state index in [1.54, 1.807) is 0 Å². The Kier molecular flexibility index (Phi) is 4.33. The van der Waals surface area contributed by atoms with Gasteiger partial charge in [0.1, 0.15) is 11.4 Å². The quantitative estimate of drug-likeness (QED) is 0.628. The van der Waals surface area contributed by atoms with Crippen molar-refractivity contribution in [1.29, 1.82) is 0 Å². The van der Waals surface area contributed by atoms with Crippen LogP contribution in [0.15, 0.2) is 36.4 Å². The lowest BCUT2D eigenvalue weighted by Crippen LogP contribution is -2.35. The van der Waals surface area contributed by atoms with Crippen LogP contribution in [0.25, 0.3) is 0 Å². The number of rotatable bonds is 5. The third kappa shape index (κ3) is 3.07. The van der Waals surface area contributed by atoms with Crippen molar-refractivity contribution in [1.82, 2.24) is 4.57 Å². The van der Waals surface area contributed by atoms with Gasteiger partial charge in [-0.15, -0.1) is 0 Å². The Morgan fingerprint density at radius 2 is 1.91 bits per heavy atom. The van der Waals surface area contributed by atoms with Crippen molar-refractivity contribution in [2.24, 2.45) is 0 Å². The van der Waals surface area contributed by atoms with Crippen LogP contribution >= 0.6 is 0 Å². The zero-order valence-corrected chi connectivity index (χ0v) is 14.0. The smallest absolute Gasteiger partial charge is 0.227 e. The summed E-state index contributed by atoms with van der Waals surface area (Å²) in [6.45, 7) is 9.02. The average molecular weight is 311 g/mol. The summed E-state index contributed by atoms with van der Waals surface area (Å²) in [7, 11) is 0. The number of aryl methyl sites for hydroxylation is 1. The van der Waals surface area contributed by atoms with Gasteiger partial charge in [0.25, 0.3) is 0 Å². The summed E-state index contributed by atoms with van der Waals surface area (Å²) in [6, 6.07) is 11.7. The average Bonchev–Trinajstić information content (AvgIpc) is 2.93. The highest BCUT2D eigenvalue weighted by atomic mass is 16.5. The number of ether oxygens (including phenoxy) is 1. The van der Waals surface area contributed by atoms with E-state index in [9.17, 15) is 4.79 Å². The standard InChI is InChI=1S/C19H23N2O2/c1-4-23-17-8-6-16(7-9-17)19(22)13-20-11-12-21-14(2)5-10-18(21)15(20)3/h5-10H,4,11-13H2,1-3H3/q+1. The van der Waals surface area contributed by atoms with Gasteiger partial charge in [-0.3, -0.25) is 4.79 Å². The van der Waals surface area contributed by atoms with Gasteiger partial charge in [-0.2, -0.15) is 0 Å². The number of nitrogens with zero attached hydrogens (tertiary/aromatic N) is 2. The molecular formula is C19H23N2O2+. The van der Waals surface area contributed by atoms with E-state index >= 15 is 0 Å². The maximum absolute atomic E-state index is 12.5. The minimum atomic E-state index is 0.143. The van der Waals surface area contributed by atoms with E-state index in [-0.39, 0.29) is 5.78 Å². The fraction of sp³-hybridized carbons (Fsp3) is 0.368. The summed E-state index contributed by atoms with van der Waals surface area (Å²) in [6.07, 6.45) is 0. The van der Waals surface area contributed by atoms with Crippen molar-refractivity contribution in [3.05, 3.63) is 53.3 Å². The van der Waals surface area contributed by atoms with Crippen molar-refractivity contribution in [2.45, 2.75) is 27.3 Å². The lowest BCUT2D eigenvalue weighted by atomic mass is 10.1. The van der Waals surface area contributed by atoms with Gasteiger partial charge < -0.3 is 9.30 Å². The van der Waals surface area contributed by atoms with E-state index in [2.05, 4.69) is 35.1 Å². The number of benzene rings is 1. The van der Waals surface area contributed by atoms with Crippen LogP contribution in [0, 0.1) is 6.92 Å². The molecule has 0 spiro atoms. The SMILES string of the molecule is CCOc1ccc(C(=O)C[N+]2=C(C)c3ccc(C)n3CC2)cc1. The first-order valence-corrected chi connectivity index (χ1v) is 8.11. The van der Waals surface area contributed by atoms with Crippen molar-refractivity contribution in [2.75, 3.05) is 19.7 Å². The second-order valence-corrected chi connectivity index (χ2v) is 5.90. The highest BCUT2D eigenvalue weighted by Crippen LogP contribution is 2.15. The first kappa shape index (κ1) is 15.5. The second kappa shape index (κ2) is 6.41. The molecule has 0 unspecified atom stereocenters. The van der Waals surface area contributed by atoms with Crippen LogP contribution in [-0.4, -0.2) is 40.3 Å². The van der Waals surface area contributed by atoms with Gasteiger partial charge in [0.15, 0.2) is 12.3 Å². The Morgan fingerprint density at radius 3 is 2.61 bits per heavy atom. The first-order chi connectivity index (χ1) is 11.1. The zero-order chi connectivity index (χ0) is 16.4. The maximum atomic E-state index is 12.5. The van der Waals surface area contributed by atoms with Crippen molar-refractivity contribution in [3.8, 4) is 5.75 Å². The fourth-order valence-electron chi connectivity index (χ4n) is 3.10. The Bertz CT molecular complexity index is 754. The Hall–Kier alpha value is -2.36. The normalized spacial score (nSPS) is 13.9. The lowest BCUT2D eigenvalue weighted by Gasteiger charge is -2.17. The summed E-state index contributed by atoms with van der Waals surface area (Å²) in [5.41, 5.74) is 4.40. The third-order valence-electron chi connectivity index (χ3n) is 4.46. The van der Waals surface area contributed by atoms with Crippen LogP contribution < -0.4 is 4.74 Å². The molecule has 1 aliphatic rings. The van der Waals surface area contributed by atoms with Crippen LogP contribution in [0.3, 0.4) is 0 Å². The second-order valence-electron chi connectivity index (χ2n) is 5.90. The van der Waals surface area contributed by atoms with Gasteiger partial charge in [-0.25, -0.2) is 4.58 Å². The third-order valence-corrected chi connectivity index (χ3v) is 4.46. The number of carbonyl (C=O) groups excluding carboxylic acids is 1. The van der Waals surface area contributed by atoms with Gasteiger partial charge in [-0.05, 0) is 50.2 Å². The Labute approximate surface area is 137 Å². The monoisotopic (exact) mass is 311 g/mol. The largest absolute Gasteiger partial charge is 0.494 e. The lowest BCUT2D eigenvalue weighted by molar-refractivity contribution is -0.518. The molecule has 0 aliphatic carbocycles. The van der Waals surface area contributed by atoms with E-state index < -0.39 is 0 Å². The van der Waals surface area contributed by atoms with Gasteiger partial charge in [0.05, 0.1) is 13.2 Å². The molecule has 0 radical (unpaired) electrons. The fourth-order valence-corrected chi connectivity index (χ4v) is 3.10. The van der Waals surface area contributed by atoms with Crippen molar-refractivity contribution >= 4 is 11.5 Å². The highest BCUT2D eigenvalue weighted by molar-refractivity contribution is 5.99. The van der Waals surface area contributed by atoms with Crippen LogP contribution in [-0.2, 0) is 6.54 Å². The molecule has 1 aromatic heterocycles. The van der Waals surface area contributed by atoms with Gasteiger partial charge >= 0.3 is 0 Å².